The summed E-state index contributed by atoms with van der Waals surface area (Å²) in [5, 5.41) is 10.6. The topological polar surface area (TPSA) is 117 Å². The smallest absolute Gasteiger partial charge is 0.313 e. The van der Waals surface area contributed by atoms with Crippen molar-refractivity contribution in [3.63, 3.8) is 0 Å². The first-order chi connectivity index (χ1) is 23.9. The number of rotatable bonds is 16. The molecule has 0 aromatic heterocycles. The van der Waals surface area contributed by atoms with E-state index >= 15 is 4.79 Å². The van der Waals surface area contributed by atoms with Crippen molar-refractivity contribution in [2.45, 2.75) is 127 Å². The monoisotopic (exact) mass is 771 g/mol. The van der Waals surface area contributed by atoms with Crippen LogP contribution in [0, 0.1) is 17.3 Å². The molecule has 3 amide bonds. The van der Waals surface area contributed by atoms with Crippen molar-refractivity contribution in [2.75, 3.05) is 20.2 Å². The van der Waals surface area contributed by atoms with E-state index in [-0.39, 0.29) is 41.6 Å². The van der Waals surface area contributed by atoms with Crippen LogP contribution in [0.4, 0.5) is 0 Å². The minimum Gasteiger partial charge on any atom is -0.455 e. The molecule has 3 fully saturated rings. The highest BCUT2D eigenvalue weighted by Crippen LogP contribution is 2.61. The Labute approximate surface area is 312 Å². The lowest BCUT2D eigenvalue weighted by Crippen LogP contribution is -2.62. The number of esters is 1. The van der Waals surface area contributed by atoms with Gasteiger partial charge >= 0.3 is 5.97 Å². The highest BCUT2D eigenvalue weighted by atomic mass is 79.9. The third-order valence-corrected chi connectivity index (χ3v) is 11.8. The number of fused-ring (bicyclic) bond motifs is 1. The van der Waals surface area contributed by atoms with Gasteiger partial charge in [-0.05, 0) is 57.4 Å². The molecule has 1 unspecified atom stereocenters. The number of allylic oxidation sites excluding steroid dienone is 1. The summed E-state index contributed by atoms with van der Waals surface area (Å²) >= 11 is 3.76. The number of hydrogen-bond acceptors (Lipinski definition) is 7. The first-order valence-electron chi connectivity index (χ1n) is 18.2. The molecule has 0 aliphatic carbocycles. The normalized spacial score (nSPS) is 27.4. The molecular formula is C40H58BrN3O7. The number of alkyl halides is 1. The molecule has 3 heterocycles. The molecule has 4 rings (SSSR count). The minimum absolute atomic E-state index is 0.110. The number of likely N-dealkylation sites (tertiary alicyclic amines) is 1. The van der Waals surface area contributed by atoms with Gasteiger partial charge in [0.1, 0.15) is 17.7 Å². The van der Waals surface area contributed by atoms with Crippen molar-refractivity contribution in [1.82, 2.24) is 14.7 Å². The lowest BCUT2D eigenvalue weighted by molar-refractivity contribution is -0.165. The fraction of sp³-hybridized carbons (Fsp3) is 0.650. The van der Waals surface area contributed by atoms with E-state index < -0.39 is 65.2 Å². The molecule has 3 aliphatic rings. The zero-order valence-electron chi connectivity index (χ0n) is 31.6. The highest BCUT2D eigenvalue weighted by Gasteiger charge is 2.78. The Morgan fingerprint density at radius 3 is 2.35 bits per heavy atom. The molecule has 11 heteroatoms. The van der Waals surface area contributed by atoms with Crippen LogP contribution < -0.4 is 0 Å². The van der Waals surface area contributed by atoms with E-state index in [2.05, 4.69) is 49.9 Å². The maximum absolute atomic E-state index is 15.1. The predicted octanol–water partition coefficient (Wildman–Crippen LogP) is 5.83. The predicted molar refractivity (Wildman–Crippen MR) is 201 cm³/mol. The summed E-state index contributed by atoms with van der Waals surface area (Å²) in [7, 11) is 1.69. The van der Waals surface area contributed by atoms with Gasteiger partial charge in [0, 0.05) is 30.4 Å². The lowest BCUT2D eigenvalue weighted by atomic mass is 9.70. The van der Waals surface area contributed by atoms with Gasteiger partial charge < -0.3 is 29.3 Å². The summed E-state index contributed by atoms with van der Waals surface area (Å²) in [4.78, 5) is 62.0. The SMILES string of the molecule is C=CCCC(=O)N(C)[C@H](C)[C@H](OC(=O)[C@H]1[C@@H]2O[C@@]3(CC2Br)[C@@H]1C(=O)N([C@@H](CC)CO)[C@@H]3C(=O)N(CC=C)C(C)(C)CC(C)(C)C)c1ccccc1. The molecule has 1 N–H and O–H groups in total. The van der Waals surface area contributed by atoms with Crippen molar-refractivity contribution in [3.05, 3.63) is 61.2 Å². The number of likely N-dealkylation sites (N-methyl/N-ethyl adjacent to an activating group) is 1. The third kappa shape index (κ3) is 7.86. The number of halogens is 1. The van der Waals surface area contributed by atoms with Crippen LogP contribution in [0.25, 0.3) is 0 Å². The maximum atomic E-state index is 15.1. The number of carbonyl (C=O) groups excluding carboxylic acids is 4. The second-order valence-corrected chi connectivity index (χ2v) is 17.5. The van der Waals surface area contributed by atoms with E-state index in [4.69, 9.17) is 9.47 Å². The van der Waals surface area contributed by atoms with Gasteiger partial charge in [0.2, 0.25) is 17.7 Å². The maximum Gasteiger partial charge on any atom is 0.313 e. The van der Waals surface area contributed by atoms with Gasteiger partial charge in [0.15, 0.2) is 0 Å². The van der Waals surface area contributed by atoms with Crippen LogP contribution in [0.5, 0.6) is 0 Å². The summed E-state index contributed by atoms with van der Waals surface area (Å²) in [6, 6.07) is 6.97. The van der Waals surface area contributed by atoms with Crippen LogP contribution in [-0.4, -0.2) is 104 Å². The quantitative estimate of drug-likeness (QED) is 0.128. The van der Waals surface area contributed by atoms with Gasteiger partial charge in [-0.1, -0.05) is 86.1 Å². The van der Waals surface area contributed by atoms with Crippen LogP contribution in [0.15, 0.2) is 55.6 Å². The Morgan fingerprint density at radius 1 is 1.16 bits per heavy atom. The summed E-state index contributed by atoms with van der Waals surface area (Å²) in [5.41, 5.74) is -1.36. The summed E-state index contributed by atoms with van der Waals surface area (Å²) in [5.74, 6) is -3.46. The Kier molecular flexibility index (Phi) is 12.7. The number of ether oxygens (including phenoxy) is 2. The number of nitrogens with zero attached hydrogens (tertiary/aromatic N) is 3. The standard InChI is InChI=1S/C40H58BrN3O7/c1-11-14-20-29(46)42(10)25(4)32(26-18-16-15-17-19-26)50-37(49)30-31-35(47)44(27(13-3)23-45)34(40(31)22-28(41)33(30)51-40)36(48)43(21-12-2)39(8,9)24-38(5,6)7/h11-12,15-19,25,27-28,30-34,45H,1-2,13-14,20-24H2,3-10H3/t25-,27+,28?,30-,31+,32+,33-,34-,40+/m1/s1. The molecule has 10 nitrogen and oxygen atoms in total. The molecule has 282 valence electrons. The molecule has 1 spiro atoms. The van der Waals surface area contributed by atoms with Crippen LogP contribution in [0.3, 0.4) is 0 Å². The molecule has 3 saturated heterocycles. The molecule has 2 bridgehead atoms. The molecule has 3 aliphatic heterocycles. The molecule has 0 saturated carbocycles. The number of aliphatic hydroxyl groups excluding tert-OH is 1. The number of benzene rings is 1. The van der Waals surface area contributed by atoms with Gasteiger partial charge in [-0.3, -0.25) is 19.2 Å². The van der Waals surface area contributed by atoms with Gasteiger partial charge in [-0.2, -0.15) is 0 Å². The number of carbonyl (C=O) groups is 4. The molecule has 1 aromatic rings. The number of hydrogen-bond donors (Lipinski definition) is 1. The second kappa shape index (κ2) is 15.9. The summed E-state index contributed by atoms with van der Waals surface area (Å²) in [6.45, 7) is 21.7. The van der Waals surface area contributed by atoms with Crippen molar-refractivity contribution < 1.29 is 33.8 Å². The van der Waals surface area contributed by atoms with Crippen molar-refractivity contribution in [1.29, 1.82) is 0 Å². The molecule has 9 atom stereocenters. The van der Waals surface area contributed by atoms with E-state index in [1.807, 2.05) is 58.0 Å². The van der Waals surface area contributed by atoms with E-state index in [0.29, 0.717) is 31.2 Å². The van der Waals surface area contributed by atoms with Gasteiger partial charge in [-0.15, -0.1) is 13.2 Å². The lowest BCUT2D eigenvalue weighted by Gasteiger charge is -2.46. The first-order valence-corrected chi connectivity index (χ1v) is 19.1. The highest BCUT2D eigenvalue weighted by molar-refractivity contribution is 9.09. The molecular weight excluding hydrogens is 714 g/mol. The van der Waals surface area contributed by atoms with Gasteiger partial charge in [0.25, 0.3) is 0 Å². The molecule has 51 heavy (non-hydrogen) atoms. The van der Waals surface area contributed by atoms with E-state index in [0.717, 1.165) is 0 Å². The molecule has 1 aromatic carbocycles. The van der Waals surface area contributed by atoms with Crippen molar-refractivity contribution in [2.24, 2.45) is 17.3 Å². The van der Waals surface area contributed by atoms with Crippen LogP contribution in [-0.2, 0) is 28.7 Å². The first kappa shape index (κ1) is 40.7. The summed E-state index contributed by atoms with van der Waals surface area (Å²) in [6.07, 6.45) is 4.00. The Hall–Kier alpha value is -3.02. The Balaban J connectivity index is 1.78. The largest absolute Gasteiger partial charge is 0.455 e. The Bertz CT molecular complexity index is 1460. The zero-order valence-corrected chi connectivity index (χ0v) is 33.2. The fourth-order valence-electron chi connectivity index (χ4n) is 8.85. The second-order valence-electron chi connectivity index (χ2n) is 16.3. The van der Waals surface area contributed by atoms with Gasteiger partial charge in [-0.25, -0.2) is 0 Å². The third-order valence-electron chi connectivity index (χ3n) is 11.0. The summed E-state index contributed by atoms with van der Waals surface area (Å²) < 4.78 is 13.2. The number of amides is 3. The Morgan fingerprint density at radius 2 is 1.80 bits per heavy atom. The van der Waals surface area contributed by atoms with Crippen LogP contribution in [0.1, 0.15) is 92.2 Å². The average molecular weight is 773 g/mol. The fourth-order valence-corrected chi connectivity index (χ4v) is 9.79. The molecule has 0 radical (unpaired) electrons. The zero-order chi connectivity index (χ0) is 38.1. The van der Waals surface area contributed by atoms with E-state index in [1.54, 1.807) is 29.0 Å². The minimum atomic E-state index is -1.33. The average Bonchev–Trinajstić information content (AvgIpc) is 3.67. The van der Waals surface area contributed by atoms with Crippen molar-refractivity contribution >= 4 is 39.6 Å². The van der Waals surface area contributed by atoms with Crippen LogP contribution >= 0.6 is 15.9 Å². The van der Waals surface area contributed by atoms with Crippen LogP contribution in [0.2, 0.25) is 0 Å². The van der Waals surface area contributed by atoms with Crippen molar-refractivity contribution in [3.8, 4) is 0 Å². The van der Waals surface area contributed by atoms with E-state index in [1.165, 1.54) is 4.90 Å². The van der Waals surface area contributed by atoms with E-state index in [9.17, 15) is 19.5 Å². The van der Waals surface area contributed by atoms with Gasteiger partial charge in [0.05, 0.1) is 36.6 Å². The number of aliphatic hydroxyl groups is 1.